The van der Waals surface area contributed by atoms with E-state index in [-0.39, 0.29) is 69.5 Å². The first-order valence-corrected chi connectivity index (χ1v) is 28.8. The summed E-state index contributed by atoms with van der Waals surface area (Å²) in [6, 6.07) is 72.1. The normalized spacial score (nSPS) is 10.7. The van der Waals surface area contributed by atoms with E-state index >= 15 is 0 Å². The number of aromatic nitrogens is 2. The largest absolute Gasteiger partial charge is 0.505 e. The molecule has 11 aromatic carbocycles. The van der Waals surface area contributed by atoms with E-state index < -0.39 is 5.91 Å². The van der Waals surface area contributed by atoms with Gasteiger partial charge in [0.15, 0.2) is 5.75 Å². The second kappa shape index (κ2) is 31.6. The first-order chi connectivity index (χ1) is 42.2. The van der Waals surface area contributed by atoms with E-state index in [1.165, 1.54) is 5.69 Å². The fourth-order valence-electron chi connectivity index (χ4n) is 9.80. The number of H-pyrrole nitrogens is 2. The predicted octanol–water partition coefficient (Wildman–Crippen LogP) is 21.1. The van der Waals surface area contributed by atoms with Crippen molar-refractivity contribution in [1.82, 2.24) is 9.97 Å². The third kappa shape index (κ3) is 14.9. The molecule has 0 aliphatic rings. The van der Waals surface area contributed by atoms with Gasteiger partial charge in [-0.2, -0.15) is 28.4 Å². The molecule has 0 saturated heterocycles. The summed E-state index contributed by atoms with van der Waals surface area (Å²) >= 11 is 0. The molecule has 0 fully saturated rings. The number of nitrogens with zero attached hydrogens (tertiary/aromatic N) is 5. The molecule has 88 heavy (non-hydrogen) atoms. The minimum atomic E-state index is -0.473. The monoisotopic (exact) mass is 1240 g/mol. The van der Waals surface area contributed by atoms with E-state index in [9.17, 15) is 15.0 Å². The number of para-hydroxylation sites is 4. The van der Waals surface area contributed by atoms with Gasteiger partial charge in [0.05, 0.1) is 33.7 Å². The number of amides is 1. The average Bonchev–Trinajstić information content (AvgIpc) is 1.99. The number of hydrogen-bond donors (Lipinski definition) is 7. The molecule has 0 bridgehead atoms. The van der Waals surface area contributed by atoms with E-state index in [2.05, 4.69) is 64.5 Å². The van der Waals surface area contributed by atoms with Crippen LogP contribution in [0.3, 0.4) is 0 Å². The summed E-state index contributed by atoms with van der Waals surface area (Å²) in [5, 5.41) is 55.4. The van der Waals surface area contributed by atoms with E-state index in [0.29, 0.717) is 39.1 Å². The maximum atomic E-state index is 13.6. The van der Waals surface area contributed by atoms with Gasteiger partial charge < -0.3 is 43.1 Å². The van der Waals surface area contributed by atoms with Gasteiger partial charge in [-0.05, 0) is 108 Å². The van der Waals surface area contributed by atoms with Gasteiger partial charge >= 0.3 is 0 Å². The van der Waals surface area contributed by atoms with Crippen LogP contribution in [0, 0.1) is 13.5 Å². The molecule has 7 N–H and O–H groups in total. The molecule has 13 aromatic rings. The van der Waals surface area contributed by atoms with Crippen LogP contribution >= 0.6 is 0 Å². The van der Waals surface area contributed by atoms with Crippen LogP contribution in [0.4, 0.5) is 51.2 Å². The predicted molar refractivity (Wildman–Crippen MR) is 364 cm³/mol. The summed E-state index contributed by atoms with van der Waals surface area (Å²) < 4.78 is 0. The van der Waals surface area contributed by atoms with Gasteiger partial charge in [-0.3, -0.25) is 15.1 Å². The molecular formula is C73H72N10O4Y-2. The van der Waals surface area contributed by atoms with Crippen LogP contribution in [0.2, 0.25) is 0 Å². The van der Waals surface area contributed by atoms with Gasteiger partial charge in [-0.25, -0.2) is 0 Å². The van der Waals surface area contributed by atoms with Gasteiger partial charge in [0.1, 0.15) is 23.7 Å². The Bertz CT molecular complexity index is 4460. The van der Waals surface area contributed by atoms with Crippen molar-refractivity contribution >= 4 is 122 Å². The Morgan fingerprint density at radius 3 is 1.45 bits per heavy atom. The summed E-state index contributed by atoms with van der Waals surface area (Å²) in [7, 11) is 4.05. The van der Waals surface area contributed by atoms with E-state index in [0.717, 1.165) is 71.4 Å². The number of fused-ring (bicyclic) bond motifs is 10. The fraction of sp³-hybridized carbons (Fsp3) is 0.123. The van der Waals surface area contributed by atoms with E-state index in [1.807, 2.05) is 244 Å². The Labute approximate surface area is 539 Å². The molecule has 0 spiro atoms. The Hall–Kier alpha value is -9.73. The summed E-state index contributed by atoms with van der Waals surface area (Å²) in [6.07, 6.45) is 0. The molecular weight excluding hydrogens is 1170 g/mol. The van der Waals surface area contributed by atoms with E-state index in [4.69, 9.17) is 9.95 Å². The minimum absolute atomic E-state index is 0. The zero-order valence-corrected chi connectivity index (χ0v) is 53.9. The second-order valence-electron chi connectivity index (χ2n) is 19.2. The quantitative estimate of drug-likeness (QED) is 0.0340. The number of hydrogen-bond acceptors (Lipinski definition) is 11. The SMILES string of the molecule is CC.CC.CC.CN(C)c1cc[c-]cc1.O=C(Nc1ccccc1)c1cc2ccc3c4ccccc4[nH]c3c2c(N=Nc2ccc(Nc3ccc(N=Nc4c(O)c(CONc5ccccc5)cc5ccc6c7ccccc7[nH]c6c45)cc3)cc2)c1O.[CH3-].[Y]. The zero-order valence-electron chi connectivity index (χ0n) is 51.0. The number of aromatic hydroxyl groups is 2. The van der Waals surface area contributed by atoms with Gasteiger partial charge in [0, 0.05) is 113 Å². The first-order valence-electron chi connectivity index (χ1n) is 28.8. The van der Waals surface area contributed by atoms with Crippen molar-refractivity contribution in [2.75, 3.05) is 35.1 Å². The molecule has 0 atom stereocenters. The summed E-state index contributed by atoms with van der Waals surface area (Å²) in [5.41, 5.74) is 12.9. The second-order valence-corrected chi connectivity index (χ2v) is 19.2. The number of carbonyl (C=O) groups excluding carboxylic acids is 1. The van der Waals surface area contributed by atoms with Crippen LogP contribution < -0.4 is 21.0 Å². The van der Waals surface area contributed by atoms with Crippen molar-refractivity contribution in [3.8, 4) is 11.5 Å². The Balaban J connectivity index is 0.000000584. The number of phenolic OH excluding ortho intramolecular Hbond substituents is 2. The molecule has 0 unspecified atom stereocenters. The smallest absolute Gasteiger partial charge is 0.259 e. The number of azo groups is 2. The van der Waals surface area contributed by atoms with E-state index in [1.54, 1.807) is 18.2 Å². The van der Waals surface area contributed by atoms with Crippen LogP contribution in [-0.2, 0) is 44.2 Å². The van der Waals surface area contributed by atoms with Crippen molar-refractivity contribution in [3.63, 3.8) is 0 Å². The number of anilines is 5. The number of benzene rings is 11. The third-order valence-electron chi connectivity index (χ3n) is 13.8. The Morgan fingerprint density at radius 2 is 0.966 bits per heavy atom. The van der Waals surface area contributed by atoms with Crippen LogP contribution in [0.1, 0.15) is 57.5 Å². The average molecular weight is 1240 g/mol. The molecule has 15 heteroatoms. The van der Waals surface area contributed by atoms with Crippen molar-refractivity contribution in [2.45, 2.75) is 48.1 Å². The molecule has 2 heterocycles. The third-order valence-corrected chi connectivity index (χ3v) is 13.8. The number of carbonyl (C=O) groups is 1. The minimum Gasteiger partial charge on any atom is -0.505 e. The van der Waals surface area contributed by atoms with Crippen LogP contribution in [0.5, 0.6) is 11.5 Å². The van der Waals surface area contributed by atoms with Gasteiger partial charge in [-0.15, -0.1) is 22.4 Å². The van der Waals surface area contributed by atoms with Crippen molar-refractivity contribution in [2.24, 2.45) is 20.5 Å². The number of aromatic amines is 2. The maximum Gasteiger partial charge on any atom is 0.259 e. The molecule has 0 aliphatic heterocycles. The Kier molecular flexibility index (Phi) is 23.6. The zero-order chi connectivity index (χ0) is 60.5. The van der Waals surface area contributed by atoms with Gasteiger partial charge in [0.25, 0.3) is 5.91 Å². The molecule has 0 saturated carbocycles. The molecule has 2 aromatic heterocycles. The molecule has 0 aliphatic carbocycles. The van der Waals surface area contributed by atoms with Crippen molar-refractivity contribution in [3.05, 3.63) is 243 Å². The van der Waals surface area contributed by atoms with Crippen LogP contribution in [-0.4, -0.2) is 40.2 Å². The van der Waals surface area contributed by atoms with Gasteiger partial charge in [-0.1, -0.05) is 144 Å². The van der Waals surface area contributed by atoms with Crippen molar-refractivity contribution in [1.29, 1.82) is 0 Å². The number of rotatable bonds is 13. The van der Waals surface area contributed by atoms with Gasteiger partial charge in [0.2, 0.25) is 0 Å². The molecule has 1 radical (unpaired) electrons. The van der Waals surface area contributed by atoms with Crippen molar-refractivity contribution < 1.29 is 52.6 Å². The topological polar surface area (TPSA) is 187 Å². The summed E-state index contributed by atoms with van der Waals surface area (Å²) in [4.78, 5) is 28.6. The standard InChI is InChI=1S/C58H41N9O4.C8H10N.3C2H6.CH3.Y/c68-56-36(33-71-67-42-13-5-2-6-14-42)31-34-19-29-45-43-15-7-9-17-48(43)61-52(45)50(34)54(56)65-63-40-25-21-38(22-26-40)59-39-23-27-41(28-24-39)64-66-55-51-35(20-30-46-44-16-8-10-18-49(44)62-53(46)51)32-47(57(55)69)58(70)60-37-11-3-1-4-12-37;1-9(2)8-6-4-3-5-7-8;3*1-2;;/h1-32,59,61-62,67-69H,33H2,(H,60,70);4-7H,1-2H3;3*1-2H3;1H3;/q;-1;;;;-1;. The maximum absolute atomic E-state index is 13.6. The van der Waals surface area contributed by atoms with Crippen LogP contribution in [0.25, 0.3) is 65.2 Å². The summed E-state index contributed by atoms with van der Waals surface area (Å²) in [6.45, 7) is 12.1. The van der Waals surface area contributed by atoms with Crippen LogP contribution in [0.15, 0.2) is 239 Å². The number of nitrogens with one attached hydrogen (secondary N) is 5. The molecule has 13 rings (SSSR count). The first kappa shape index (κ1) is 65.8. The number of phenols is 2. The fourth-order valence-corrected chi connectivity index (χ4v) is 9.80. The summed E-state index contributed by atoms with van der Waals surface area (Å²) in [5.74, 6) is -0.784. The Morgan fingerprint density at radius 1 is 0.511 bits per heavy atom. The molecule has 14 nitrogen and oxygen atoms in total. The molecule has 1 amide bonds. The molecule has 443 valence electrons.